The fourth-order valence-electron chi connectivity index (χ4n) is 1.05. The van der Waals surface area contributed by atoms with Gasteiger partial charge in [0.05, 0.1) is 12.7 Å². The normalized spacial score (nSPS) is 11.0. The van der Waals surface area contributed by atoms with Crippen LogP contribution < -0.4 is 0 Å². The molecule has 0 amide bonds. The molecule has 0 bridgehead atoms. The van der Waals surface area contributed by atoms with E-state index in [4.69, 9.17) is 5.41 Å². The van der Waals surface area contributed by atoms with E-state index in [1.165, 1.54) is 0 Å². The van der Waals surface area contributed by atoms with Crippen molar-refractivity contribution in [1.29, 1.82) is 5.41 Å². The Morgan fingerprint density at radius 2 is 1.75 bits per heavy atom. The zero-order valence-electron chi connectivity index (χ0n) is 8.26. The average Bonchev–Trinajstić information content (AvgIpc) is 2.26. The molecule has 1 rings (SSSR count). The summed E-state index contributed by atoms with van der Waals surface area (Å²) in [6.45, 7) is 0. The first-order chi connectivity index (χ1) is 7.36. The van der Waals surface area contributed by atoms with Crippen LogP contribution >= 0.6 is 0 Å². The predicted octanol–water partition coefficient (Wildman–Crippen LogP) is 2.25. The molecule has 0 aliphatic rings. The molecular weight excluding hydrogens is 223 g/mol. The highest BCUT2D eigenvalue weighted by Crippen LogP contribution is 2.29. The van der Waals surface area contributed by atoms with Crippen LogP contribution in [0.1, 0.15) is 11.1 Å². The Labute approximate surface area is 89.3 Å². The second kappa shape index (κ2) is 4.34. The van der Waals surface area contributed by atoms with E-state index in [1.807, 2.05) is 0 Å². The lowest BCUT2D eigenvalue weighted by molar-refractivity contribution is -0.137. The van der Waals surface area contributed by atoms with Gasteiger partial charge >= 0.3 is 12.1 Å². The van der Waals surface area contributed by atoms with Crippen molar-refractivity contribution in [3.05, 3.63) is 35.4 Å². The highest BCUT2D eigenvalue weighted by atomic mass is 19.4. The fraction of sp³-hybridized carbons (Fsp3) is 0.200. The Balaban J connectivity index is 2.96. The molecule has 1 N–H and O–H groups in total. The van der Waals surface area contributed by atoms with Crippen LogP contribution in [0.15, 0.2) is 24.3 Å². The lowest BCUT2D eigenvalue weighted by atomic mass is 10.1. The molecule has 1 aromatic rings. The third kappa shape index (κ3) is 2.59. The van der Waals surface area contributed by atoms with Crippen LogP contribution in [0.4, 0.5) is 13.2 Å². The maximum absolute atomic E-state index is 12.2. The summed E-state index contributed by atoms with van der Waals surface area (Å²) in [7, 11) is 1.10. The van der Waals surface area contributed by atoms with E-state index in [1.54, 1.807) is 0 Å². The fourth-order valence-corrected chi connectivity index (χ4v) is 1.05. The molecule has 86 valence electrons. The minimum Gasteiger partial charge on any atom is -0.464 e. The maximum atomic E-state index is 12.2. The zero-order chi connectivity index (χ0) is 12.3. The lowest BCUT2D eigenvalue weighted by Gasteiger charge is -2.07. The first-order valence-corrected chi connectivity index (χ1v) is 4.20. The van der Waals surface area contributed by atoms with E-state index in [0.29, 0.717) is 0 Å². The Morgan fingerprint density at radius 1 is 1.25 bits per heavy atom. The number of carbonyl (C=O) groups is 1. The van der Waals surface area contributed by atoms with Gasteiger partial charge in [-0.25, -0.2) is 4.79 Å². The number of esters is 1. The lowest BCUT2D eigenvalue weighted by Crippen LogP contribution is -2.16. The van der Waals surface area contributed by atoms with Gasteiger partial charge in [-0.1, -0.05) is 12.1 Å². The van der Waals surface area contributed by atoms with Crippen molar-refractivity contribution in [3.8, 4) is 0 Å². The number of methoxy groups -OCH3 is 1. The molecule has 6 heteroatoms. The minimum absolute atomic E-state index is 0.0832. The highest BCUT2D eigenvalue weighted by Gasteiger charge is 2.30. The summed E-state index contributed by atoms with van der Waals surface area (Å²) in [5.74, 6) is -0.889. The van der Waals surface area contributed by atoms with Crippen LogP contribution in [-0.2, 0) is 15.7 Å². The second-order valence-electron chi connectivity index (χ2n) is 2.94. The van der Waals surface area contributed by atoms with Crippen molar-refractivity contribution >= 4 is 11.7 Å². The Kier molecular flexibility index (Phi) is 3.31. The van der Waals surface area contributed by atoms with Crippen molar-refractivity contribution in [3.63, 3.8) is 0 Å². The molecule has 0 heterocycles. The molecule has 0 saturated heterocycles. The zero-order valence-corrected chi connectivity index (χ0v) is 8.26. The molecule has 0 spiro atoms. The van der Waals surface area contributed by atoms with Crippen LogP contribution in [0.3, 0.4) is 0 Å². The number of ether oxygens (including phenoxy) is 1. The predicted molar refractivity (Wildman–Crippen MR) is 50.3 cm³/mol. The summed E-state index contributed by atoms with van der Waals surface area (Å²) in [6.07, 6.45) is -4.42. The highest BCUT2D eigenvalue weighted by molar-refractivity contribution is 6.41. The Morgan fingerprint density at radius 3 is 2.12 bits per heavy atom. The number of rotatable bonds is 2. The van der Waals surface area contributed by atoms with E-state index in [9.17, 15) is 18.0 Å². The van der Waals surface area contributed by atoms with Crippen molar-refractivity contribution in [1.82, 2.24) is 0 Å². The third-order valence-electron chi connectivity index (χ3n) is 1.89. The van der Waals surface area contributed by atoms with Gasteiger partial charge in [-0.05, 0) is 12.1 Å². The van der Waals surface area contributed by atoms with Crippen LogP contribution in [0, 0.1) is 5.41 Å². The molecule has 0 radical (unpaired) electrons. The van der Waals surface area contributed by atoms with Gasteiger partial charge in [0.1, 0.15) is 5.71 Å². The molecule has 0 aliphatic heterocycles. The van der Waals surface area contributed by atoms with Gasteiger partial charge in [0.2, 0.25) is 0 Å². The van der Waals surface area contributed by atoms with E-state index in [0.717, 1.165) is 31.4 Å². The van der Waals surface area contributed by atoms with Crippen molar-refractivity contribution < 1.29 is 22.7 Å². The molecule has 3 nitrogen and oxygen atoms in total. The van der Waals surface area contributed by atoms with Crippen LogP contribution in [0.25, 0.3) is 0 Å². The number of alkyl halides is 3. The van der Waals surface area contributed by atoms with Crippen LogP contribution in [0.2, 0.25) is 0 Å². The van der Waals surface area contributed by atoms with Crippen molar-refractivity contribution in [2.75, 3.05) is 7.11 Å². The number of hydrogen-bond acceptors (Lipinski definition) is 3. The number of benzene rings is 1. The molecule has 0 unspecified atom stereocenters. The average molecular weight is 231 g/mol. The second-order valence-corrected chi connectivity index (χ2v) is 2.94. The summed E-state index contributed by atoms with van der Waals surface area (Å²) >= 11 is 0. The standard InChI is InChI=1S/C10H8F3NO2/c1-16-9(15)8(14)6-2-4-7(5-3-6)10(11,12)13/h2-5,14H,1H3. The van der Waals surface area contributed by atoms with Gasteiger partial charge in [0.25, 0.3) is 0 Å². The molecular formula is C10H8F3NO2. The monoisotopic (exact) mass is 231 g/mol. The van der Waals surface area contributed by atoms with Gasteiger partial charge in [-0.2, -0.15) is 13.2 Å². The topological polar surface area (TPSA) is 50.2 Å². The Bertz CT molecular complexity index is 409. The molecule has 0 aliphatic carbocycles. The summed E-state index contributed by atoms with van der Waals surface area (Å²) in [4.78, 5) is 10.9. The van der Waals surface area contributed by atoms with Crippen LogP contribution in [-0.4, -0.2) is 18.8 Å². The third-order valence-corrected chi connectivity index (χ3v) is 1.89. The quantitative estimate of drug-likeness (QED) is 0.626. The smallest absolute Gasteiger partial charge is 0.416 e. The summed E-state index contributed by atoms with van der Waals surface area (Å²) in [5.41, 5.74) is -1.22. The first kappa shape index (κ1) is 12.2. The SMILES string of the molecule is COC(=O)C(=N)c1ccc(C(F)(F)F)cc1. The van der Waals surface area contributed by atoms with E-state index in [2.05, 4.69) is 4.74 Å². The number of halogens is 3. The van der Waals surface area contributed by atoms with E-state index < -0.39 is 23.4 Å². The van der Waals surface area contributed by atoms with Crippen LogP contribution in [0.5, 0.6) is 0 Å². The molecule has 0 saturated carbocycles. The van der Waals surface area contributed by atoms with Gasteiger partial charge in [0.15, 0.2) is 0 Å². The molecule has 1 aromatic carbocycles. The molecule has 0 atom stereocenters. The van der Waals surface area contributed by atoms with E-state index >= 15 is 0 Å². The summed E-state index contributed by atoms with van der Waals surface area (Å²) in [6, 6.07) is 3.74. The summed E-state index contributed by atoms with van der Waals surface area (Å²) < 4.78 is 40.9. The van der Waals surface area contributed by atoms with Gasteiger partial charge in [0, 0.05) is 5.56 Å². The van der Waals surface area contributed by atoms with Gasteiger partial charge < -0.3 is 4.74 Å². The number of carbonyl (C=O) groups excluding carboxylic acids is 1. The van der Waals surface area contributed by atoms with E-state index in [-0.39, 0.29) is 5.56 Å². The molecule has 16 heavy (non-hydrogen) atoms. The minimum atomic E-state index is -4.42. The molecule has 0 fully saturated rings. The Hall–Kier alpha value is -1.85. The number of nitrogens with one attached hydrogen (secondary N) is 1. The van der Waals surface area contributed by atoms with Gasteiger partial charge in [-0.15, -0.1) is 0 Å². The largest absolute Gasteiger partial charge is 0.464 e. The van der Waals surface area contributed by atoms with Crippen molar-refractivity contribution in [2.45, 2.75) is 6.18 Å². The van der Waals surface area contributed by atoms with Crippen molar-refractivity contribution in [2.24, 2.45) is 0 Å². The first-order valence-electron chi connectivity index (χ1n) is 4.20. The summed E-state index contributed by atoms with van der Waals surface area (Å²) in [5, 5.41) is 7.31. The van der Waals surface area contributed by atoms with Gasteiger partial charge in [-0.3, -0.25) is 5.41 Å². The number of hydrogen-bond donors (Lipinski definition) is 1. The maximum Gasteiger partial charge on any atom is 0.416 e. The molecule has 0 aromatic heterocycles.